The molecule has 0 unspecified atom stereocenters. The van der Waals surface area contributed by atoms with E-state index in [1.54, 1.807) is 0 Å². The maximum absolute atomic E-state index is 9.00. The highest BCUT2D eigenvalue weighted by Crippen LogP contribution is 1.56. The fourth-order valence-electron chi connectivity index (χ4n) is 0. The molecule has 42 valence electrons. The molecule has 0 aromatic heterocycles. The summed E-state index contributed by atoms with van der Waals surface area (Å²) in [4.78, 5) is 0. The standard InChI is InChI=1S/C3H8.ClH.FH2N/c1-3-2;;1-2/h3H2,1-2H3;1H;2H2. The Morgan fingerprint density at radius 2 is 1.33 bits per heavy atom. The van der Waals surface area contributed by atoms with Crippen LogP contribution in [-0.2, 0) is 0 Å². The smallest absolute Gasteiger partial charge is 0.0590 e. The van der Waals surface area contributed by atoms with Gasteiger partial charge in [-0.1, -0.05) is 20.3 Å². The van der Waals surface area contributed by atoms with Gasteiger partial charge in [-0.05, 0) is 0 Å². The van der Waals surface area contributed by atoms with Crippen molar-refractivity contribution in [2.45, 2.75) is 20.3 Å². The molecule has 0 saturated carbocycles. The number of hydrogen-bond donors (Lipinski definition) is 1. The van der Waals surface area contributed by atoms with Crippen molar-refractivity contribution >= 4 is 12.4 Å². The normalized spacial score (nSPS) is 4.00. The van der Waals surface area contributed by atoms with E-state index in [0.717, 1.165) is 0 Å². The maximum Gasteiger partial charge on any atom is -0.0590 e. The van der Waals surface area contributed by atoms with Crippen molar-refractivity contribution in [2.24, 2.45) is 5.96 Å². The van der Waals surface area contributed by atoms with Gasteiger partial charge in [0.05, 0.1) is 0 Å². The summed E-state index contributed by atoms with van der Waals surface area (Å²) in [6.45, 7) is 4.25. The molecule has 0 radical (unpaired) electrons. The first kappa shape index (κ1) is 16.4. The van der Waals surface area contributed by atoms with Gasteiger partial charge >= 0.3 is 0 Å². The summed E-state index contributed by atoms with van der Waals surface area (Å²) in [7, 11) is 0. The van der Waals surface area contributed by atoms with Gasteiger partial charge in [-0.2, -0.15) is 5.96 Å². The minimum atomic E-state index is 0. The Kier molecular flexibility index (Phi) is 178. The highest BCUT2D eigenvalue weighted by Gasteiger charge is 1.35. The molecule has 0 fully saturated rings. The molecule has 0 amide bonds. The number of nitrogens with two attached hydrogens (primary N) is 1. The first-order valence-corrected chi connectivity index (χ1v) is 1.63. The van der Waals surface area contributed by atoms with E-state index in [1.165, 1.54) is 6.42 Å². The first-order valence-electron chi connectivity index (χ1n) is 1.63. The van der Waals surface area contributed by atoms with E-state index >= 15 is 0 Å². The number of hydrogen-bond acceptors (Lipinski definition) is 1. The molecule has 0 spiro atoms. The van der Waals surface area contributed by atoms with Crippen LogP contribution in [0.3, 0.4) is 0 Å². The van der Waals surface area contributed by atoms with Crippen molar-refractivity contribution in [3.63, 3.8) is 0 Å². The van der Waals surface area contributed by atoms with E-state index in [1.807, 2.05) is 0 Å². The molecular weight excluding hydrogens is 104 g/mol. The third kappa shape index (κ3) is 1300. The van der Waals surface area contributed by atoms with Gasteiger partial charge < -0.3 is 0 Å². The van der Waals surface area contributed by atoms with Gasteiger partial charge in [0.2, 0.25) is 0 Å². The first-order chi connectivity index (χ1) is 2.41. The Morgan fingerprint density at radius 1 is 1.33 bits per heavy atom. The molecule has 0 bridgehead atoms. The molecule has 0 aliphatic heterocycles. The zero-order chi connectivity index (χ0) is 4.71. The summed E-state index contributed by atoms with van der Waals surface area (Å²) in [5, 5.41) is 0. The van der Waals surface area contributed by atoms with Crippen molar-refractivity contribution in [1.82, 2.24) is 0 Å². The highest BCUT2D eigenvalue weighted by molar-refractivity contribution is 5.85. The third-order valence-corrected chi connectivity index (χ3v) is 0. The van der Waals surface area contributed by atoms with Crippen molar-refractivity contribution < 1.29 is 4.48 Å². The lowest BCUT2D eigenvalue weighted by atomic mass is 10.6. The van der Waals surface area contributed by atoms with Crippen LogP contribution in [0, 0.1) is 0 Å². The van der Waals surface area contributed by atoms with Crippen LogP contribution in [0.2, 0.25) is 0 Å². The third-order valence-electron chi connectivity index (χ3n) is 0. The maximum atomic E-state index is 9.00. The van der Waals surface area contributed by atoms with Crippen LogP contribution in [0.5, 0.6) is 0 Å². The highest BCUT2D eigenvalue weighted by atomic mass is 35.5. The van der Waals surface area contributed by atoms with Crippen LogP contribution in [-0.4, -0.2) is 0 Å². The average Bonchev–Trinajstić information content (AvgIpc) is 1.46. The van der Waals surface area contributed by atoms with Crippen LogP contribution in [0.25, 0.3) is 0 Å². The Morgan fingerprint density at radius 3 is 1.33 bits per heavy atom. The molecule has 1 nitrogen and oxygen atoms in total. The second-order valence-corrected chi connectivity index (χ2v) is 0.707. The molecule has 0 heterocycles. The summed E-state index contributed by atoms with van der Waals surface area (Å²) in [5.74, 6) is 3.00. The fraction of sp³-hybridized carbons (Fsp3) is 1.00. The monoisotopic (exact) mass is 115 g/mol. The van der Waals surface area contributed by atoms with Crippen molar-refractivity contribution in [2.75, 3.05) is 0 Å². The van der Waals surface area contributed by atoms with Crippen LogP contribution in [0.4, 0.5) is 4.48 Å². The summed E-state index contributed by atoms with van der Waals surface area (Å²) < 4.78 is 9.00. The van der Waals surface area contributed by atoms with Crippen LogP contribution < -0.4 is 5.96 Å². The van der Waals surface area contributed by atoms with Crippen molar-refractivity contribution in [1.29, 1.82) is 0 Å². The van der Waals surface area contributed by atoms with E-state index in [-0.39, 0.29) is 12.4 Å². The second-order valence-electron chi connectivity index (χ2n) is 0.707. The summed E-state index contributed by atoms with van der Waals surface area (Å²) in [5.41, 5.74) is 0. The molecule has 6 heavy (non-hydrogen) atoms. The molecule has 0 aliphatic carbocycles. The van der Waals surface area contributed by atoms with Gasteiger partial charge in [0.25, 0.3) is 0 Å². The van der Waals surface area contributed by atoms with Crippen molar-refractivity contribution in [3.05, 3.63) is 0 Å². The topological polar surface area (TPSA) is 26.0 Å². The summed E-state index contributed by atoms with van der Waals surface area (Å²) in [6, 6.07) is 0. The average molecular weight is 116 g/mol. The van der Waals surface area contributed by atoms with Gasteiger partial charge in [-0.3, -0.25) is 0 Å². The molecule has 3 heteroatoms. The van der Waals surface area contributed by atoms with E-state index in [4.69, 9.17) is 4.48 Å². The molecule has 0 aromatic carbocycles. The molecule has 0 rings (SSSR count). The van der Waals surface area contributed by atoms with E-state index in [9.17, 15) is 0 Å². The predicted molar refractivity (Wildman–Crippen MR) is 28.5 cm³/mol. The van der Waals surface area contributed by atoms with Gasteiger partial charge in [-0.25, -0.2) is 0 Å². The Bertz CT molecular complexity index is 10.8. The number of rotatable bonds is 0. The van der Waals surface area contributed by atoms with E-state index < -0.39 is 0 Å². The van der Waals surface area contributed by atoms with Crippen LogP contribution in [0.15, 0.2) is 0 Å². The minimum Gasteiger partial charge on any atom is -0.172 e. The largest absolute Gasteiger partial charge is 0.172 e. The van der Waals surface area contributed by atoms with Crippen LogP contribution in [0.1, 0.15) is 20.3 Å². The lowest BCUT2D eigenvalue weighted by Crippen LogP contribution is -1.53. The van der Waals surface area contributed by atoms with E-state index in [2.05, 4.69) is 19.8 Å². The van der Waals surface area contributed by atoms with E-state index in [0.29, 0.717) is 0 Å². The lowest BCUT2D eigenvalue weighted by Gasteiger charge is -1.48. The Labute approximate surface area is 44.1 Å². The molecule has 2 N–H and O–H groups in total. The Balaban J connectivity index is -0.0000000275. The Hall–Kier alpha value is 0.180. The molecular formula is C3H11ClFN. The molecule has 0 aliphatic rings. The second kappa shape index (κ2) is 65.0. The molecule has 0 aromatic rings. The van der Waals surface area contributed by atoms with Gasteiger partial charge in [0, 0.05) is 0 Å². The van der Waals surface area contributed by atoms with Crippen LogP contribution >= 0.6 is 12.4 Å². The van der Waals surface area contributed by atoms with Gasteiger partial charge in [0.1, 0.15) is 0 Å². The predicted octanol–water partition coefficient (Wildman–Crippen LogP) is 1.67. The van der Waals surface area contributed by atoms with Crippen molar-refractivity contribution in [3.8, 4) is 0 Å². The fourth-order valence-corrected chi connectivity index (χ4v) is 0. The molecule has 0 saturated heterocycles. The summed E-state index contributed by atoms with van der Waals surface area (Å²) in [6.07, 6.45) is 1.25. The zero-order valence-corrected chi connectivity index (χ0v) is 4.89. The van der Waals surface area contributed by atoms with Gasteiger partial charge in [0.15, 0.2) is 0 Å². The molecule has 0 atom stereocenters. The van der Waals surface area contributed by atoms with Gasteiger partial charge in [-0.15, -0.1) is 16.9 Å². The SMILES string of the molecule is CCC.Cl.NF. The minimum absolute atomic E-state index is 0. The number of halogens is 2. The zero-order valence-electron chi connectivity index (χ0n) is 4.07. The quantitative estimate of drug-likeness (QED) is 0.478. The lowest BCUT2D eigenvalue weighted by molar-refractivity contribution is 0.530. The summed E-state index contributed by atoms with van der Waals surface area (Å²) >= 11 is 0.